The Hall–Kier alpha value is -3.04. The van der Waals surface area contributed by atoms with E-state index in [1.165, 1.54) is 5.56 Å². The van der Waals surface area contributed by atoms with Gasteiger partial charge in [-0.15, -0.1) is 0 Å². The van der Waals surface area contributed by atoms with Gasteiger partial charge in [0, 0.05) is 18.7 Å². The summed E-state index contributed by atoms with van der Waals surface area (Å²) in [6, 6.07) is 7.58. The Labute approximate surface area is 182 Å². The average molecular weight is 424 g/mol. The van der Waals surface area contributed by atoms with Crippen LogP contribution in [0.25, 0.3) is 0 Å². The first-order chi connectivity index (χ1) is 15.0. The summed E-state index contributed by atoms with van der Waals surface area (Å²) < 4.78 is 5.49. The van der Waals surface area contributed by atoms with Gasteiger partial charge in [-0.3, -0.25) is 4.79 Å². The minimum Gasteiger partial charge on any atom is -0.378 e. The molecule has 1 atom stereocenters. The first-order valence-electron chi connectivity index (χ1n) is 10.7. The number of aromatic nitrogens is 2. The van der Waals surface area contributed by atoms with Gasteiger partial charge < -0.3 is 20.3 Å². The molecule has 0 radical (unpaired) electrons. The third kappa shape index (κ3) is 4.83. The molecule has 4 rings (SSSR count). The summed E-state index contributed by atoms with van der Waals surface area (Å²) in [7, 11) is 0. The highest BCUT2D eigenvalue weighted by Crippen LogP contribution is 2.31. The molecule has 9 heteroatoms. The SMILES string of the molecule is CC[C@H](N)C(=O)N1Cc2nc(N/N=C/c3cccc(C)c3)nc(N3CCOCC3)c2C1. The second-order valence-corrected chi connectivity index (χ2v) is 7.89. The molecule has 164 valence electrons. The number of rotatable bonds is 6. The number of hydrogen-bond acceptors (Lipinski definition) is 8. The molecule has 1 aromatic carbocycles. The largest absolute Gasteiger partial charge is 0.378 e. The van der Waals surface area contributed by atoms with Gasteiger partial charge in [-0.05, 0) is 18.9 Å². The predicted octanol–water partition coefficient (Wildman–Crippen LogP) is 1.65. The number of aryl methyl sites for hydroxylation is 1. The fourth-order valence-electron chi connectivity index (χ4n) is 3.80. The minimum absolute atomic E-state index is 0.0552. The maximum Gasteiger partial charge on any atom is 0.245 e. The van der Waals surface area contributed by atoms with Crippen molar-refractivity contribution in [1.82, 2.24) is 14.9 Å². The molecular weight excluding hydrogens is 394 g/mol. The number of carbonyl (C=O) groups is 1. The van der Waals surface area contributed by atoms with Gasteiger partial charge in [0.15, 0.2) is 0 Å². The fourth-order valence-corrected chi connectivity index (χ4v) is 3.80. The number of amides is 1. The molecule has 9 nitrogen and oxygen atoms in total. The van der Waals surface area contributed by atoms with Crippen LogP contribution in [0.5, 0.6) is 0 Å². The second-order valence-electron chi connectivity index (χ2n) is 7.89. The van der Waals surface area contributed by atoms with Crippen LogP contribution in [-0.4, -0.2) is 59.3 Å². The molecule has 1 aromatic heterocycles. The van der Waals surface area contributed by atoms with Gasteiger partial charge in [-0.1, -0.05) is 36.8 Å². The maximum atomic E-state index is 12.7. The highest BCUT2D eigenvalue weighted by atomic mass is 16.5. The monoisotopic (exact) mass is 423 g/mol. The van der Waals surface area contributed by atoms with Crippen LogP contribution in [-0.2, 0) is 22.6 Å². The quantitative estimate of drug-likeness (QED) is 0.537. The van der Waals surface area contributed by atoms with Crippen molar-refractivity contribution in [3.05, 3.63) is 46.6 Å². The molecule has 1 amide bonds. The Morgan fingerprint density at radius 2 is 2.13 bits per heavy atom. The topological polar surface area (TPSA) is 109 Å². The Bertz CT molecular complexity index is 972. The Morgan fingerprint density at radius 1 is 1.32 bits per heavy atom. The first-order valence-corrected chi connectivity index (χ1v) is 10.7. The van der Waals surface area contributed by atoms with E-state index in [9.17, 15) is 4.79 Å². The lowest BCUT2D eigenvalue weighted by molar-refractivity contribution is -0.133. The van der Waals surface area contributed by atoms with Crippen molar-refractivity contribution in [1.29, 1.82) is 0 Å². The van der Waals surface area contributed by atoms with Crippen LogP contribution in [0.15, 0.2) is 29.4 Å². The van der Waals surface area contributed by atoms with Gasteiger partial charge in [-0.2, -0.15) is 10.1 Å². The molecular formula is C22H29N7O2. The zero-order valence-corrected chi connectivity index (χ0v) is 18.0. The van der Waals surface area contributed by atoms with Crippen molar-refractivity contribution in [3.63, 3.8) is 0 Å². The third-order valence-corrected chi connectivity index (χ3v) is 5.56. The van der Waals surface area contributed by atoms with E-state index in [2.05, 4.69) is 20.4 Å². The molecule has 0 unspecified atom stereocenters. The van der Waals surface area contributed by atoms with Crippen LogP contribution in [0.2, 0.25) is 0 Å². The molecule has 2 aromatic rings. The fraction of sp³-hybridized carbons (Fsp3) is 0.455. The number of benzene rings is 1. The van der Waals surface area contributed by atoms with Crippen LogP contribution in [0.3, 0.4) is 0 Å². The van der Waals surface area contributed by atoms with Crippen LogP contribution >= 0.6 is 0 Å². The highest BCUT2D eigenvalue weighted by Gasteiger charge is 2.32. The lowest BCUT2D eigenvalue weighted by Crippen LogP contribution is -2.41. The summed E-state index contributed by atoms with van der Waals surface area (Å²) in [4.78, 5) is 26.0. The highest BCUT2D eigenvalue weighted by molar-refractivity contribution is 5.82. The van der Waals surface area contributed by atoms with Gasteiger partial charge in [0.25, 0.3) is 0 Å². The van der Waals surface area contributed by atoms with Crippen molar-refractivity contribution in [3.8, 4) is 0 Å². The summed E-state index contributed by atoms with van der Waals surface area (Å²) in [5.74, 6) is 1.19. The molecule has 31 heavy (non-hydrogen) atoms. The maximum absolute atomic E-state index is 12.7. The molecule has 1 saturated heterocycles. The molecule has 0 spiro atoms. The molecule has 0 saturated carbocycles. The van der Waals surface area contributed by atoms with E-state index in [1.807, 2.05) is 38.1 Å². The van der Waals surface area contributed by atoms with E-state index in [4.69, 9.17) is 15.5 Å². The van der Waals surface area contributed by atoms with Crippen molar-refractivity contribution >= 4 is 23.9 Å². The van der Waals surface area contributed by atoms with E-state index in [0.717, 1.165) is 35.7 Å². The second kappa shape index (κ2) is 9.40. The van der Waals surface area contributed by atoms with Crippen molar-refractivity contribution < 1.29 is 9.53 Å². The summed E-state index contributed by atoms with van der Waals surface area (Å²) in [5.41, 5.74) is 12.9. The molecule has 2 aliphatic heterocycles. The summed E-state index contributed by atoms with van der Waals surface area (Å²) in [5, 5.41) is 4.32. The molecule has 0 bridgehead atoms. The summed E-state index contributed by atoms with van der Waals surface area (Å²) in [6.45, 7) is 7.65. The zero-order valence-electron chi connectivity index (χ0n) is 18.0. The molecule has 3 N–H and O–H groups in total. The van der Waals surface area contributed by atoms with Crippen molar-refractivity contribution in [2.45, 2.75) is 39.4 Å². The number of fused-ring (bicyclic) bond motifs is 1. The molecule has 0 aliphatic carbocycles. The van der Waals surface area contributed by atoms with Gasteiger partial charge in [0.05, 0.1) is 44.3 Å². The van der Waals surface area contributed by atoms with Crippen LogP contribution in [0.1, 0.15) is 35.7 Å². The molecule has 3 heterocycles. The molecule has 2 aliphatic rings. The number of hydrazone groups is 1. The number of carbonyl (C=O) groups excluding carboxylic acids is 1. The summed E-state index contributed by atoms with van der Waals surface area (Å²) >= 11 is 0. The molecule has 1 fully saturated rings. The zero-order chi connectivity index (χ0) is 21.8. The first kappa shape index (κ1) is 21.2. The standard InChI is InChI=1S/C22H29N7O2/c1-3-18(23)21(30)29-13-17-19(14-29)25-22(26-20(17)28-7-9-31-10-8-28)27-24-12-16-6-4-5-15(2)11-16/h4-6,11-12,18H,3,7-10,13-14,23H2,1-2H3,(H,25,26,27)/b24-12+/t18-/m0/s1. The number of hydrogen-bond donors (Lipinski definition) is 2. The van der Waals surface area contributed by atoms with E-state index in [-0.39, 0.29) is 5.91 Å². The van der Waals surface area contributed by atoms with E-state index >= 15 is 0 Å². The Kier molecular flexibility index (Phi) is 6.43. The number of nitrogens with two attached hydrogens (primary N) is 1. The number of ether oxygens (including phenoxy) is 1. The normalized spacial score (nSPS) is 17.1. The van der Waals surface area contributed by atoms with Crippen LogP contribution < -0.4 is 16.1 Å². The average Bonchev–Trinajstić information content (AvgIpc) is 3.22. The van der Waals surface area contributed by atoms with Crippen molar-refractivity contribution in [2.75, 3.05) is 36.6 Å². The van der Waals surface area contributed by atoms with E-state index in [1.54, 1.807) is 11.1 Å². The number of nitrogens with zero attached hydrogens (tertiary/aromatic N) is 5. The van der Waals surface area contributed by atoms with Crippen LogP contribution in [0, 0.1) is 6.92 Å². The van der Waals surface area contributed by atoms with Gasteiger partial charge in [-0.25, -0.2) is 10.4 Å². The lowest BCUT2D eigenvalue weighted by atomic mass is 10.2. The Balaban J connectivity index is 1.58. The van der Waals surface area contributed by atoms with Gasteiger partial charge >= 0.3 is 0 Å². The van der Waals surface area contributed by atoms with Gasteiger partial charge in [0.2, 0.25) is 11.9 Å². The lowest BCUT2D eigenvalue weighted by Gasteiger charge is -2.29. The smallest absolute Gasteiger partial charge is 0.245 e. The van der Waals surface area contributed by atoms with Crippen LogP contribution in [0.4, 0.5) is 11.8 Å². The third-order valence-electron chi connectivity index (χ3n) is 5.56. The van der Waals surface area contributed by atoms with E-state index in [0.29, 0.717) is 38.7 Å². The van der Waals surface area contributed by atoms with Gasteiger partial charge in [0.1, 0.15) is 5.82 Å². The number of anilines is 2. The summed E-state index contributed by atoms with van der Waals surface area (Å²) in [6.07, 6.45) is 2.35. The predicted molar refractivity (Wildman–Crippen MR) is 120 cm³/mol. The van der Waals surface area contributed by atoms with Crippen molar-refractivity contribution in [2.24, 2.45) is 10.8 Å². The number of morpholine rings is 1. The van der Waals surface area contributed by atoms with E-state index < -0.39 is 6.04 Å². The Morgan fingerprint density at radius 3 is 2.87 bits per heavy atom. The number of nitrogens with one attached hydrogen (secondary N) is 1. The minimum atomic E-state index is -0.495.